The van der Waals surface area contributed by atoms with Gasteiger partial charge in [0.2, 0.25) is 0 Å². The van der Waals surface area contributed by atoms with Gasteiger partial charge in [-0.1, -0.05) is 24.3 Å². The van der Waals surface area contributed by atoms with Crippen molar-refractivity contribution in [3.05, 3.63) is 54.6 Å². The fraction of sp³-hybridized carbons (Fsp3) is 0.235. The van der Waals surface area contributed by atoms with Crippen LogP contribution in [0.25, 0.3) is 0 Å². The molecule has 0 radical (unpaired) electrons. The summed E-state index contributed by atoms with van der Waals surface area (Å²) < 4.78 is 11.0. The molecule has 2 amide bonds. The molecule has 2 aromatic carbocycles. The van der Waals surface area contributed by atoms with Crippen molar-refractivity contribution >= 4 is 11.7 Å². The van der Waals surface area contributed by atoms with Crippen molar-refractivity contribution in [1.29, 1.82) is 0 Å². The Morgan fingerprint density at radius 1 is 1.00 bits per heavy atom. The Hall–Kier alpha value is -2.69. The summed E-state index contributed by atoms with van der Waals surface area (Å²) in [7, 11) is 0. The zero-order valence-electron chi connectivity index (χ0n) is 12.5. The monoisotopic (exact) mass is 300 g/mol. The molecule has 0 aliphatic heterocycles. The molecular weight excluding hydrogens is 280 g/mol. The van der Waals surface area contributed by atoms with Crippen molar-refractivity contribution in [2.75, 3.05) is 25.1 Å². The highest BCUT2D eigenvalue weighted by Gasteiger charge is 2.01. The summed E-state index contributed by atoms with van der Waals surface area (Å²) in [6.45, 7) is 3.35. The largest absolute Gasteiger partial charge is 0.494 e. The SMILES string of the molecule is CCOc1cccc(OCCNC(=O)Nc2ccccc2)c1. The highest BCUT2D eigenvalue weighted by atomic mass is 16.5. The maximum Gasteiger partial charge on any atom is 0.319 e. The minimum Gasteiger partial charge on any atom is -0.494 e. The van der Waals surface area contributed by atoms with Crippen molar-refractivity contribution in [2.24, 2.45) is 0 Å². The number of benzene rings is 2. The van der Waals surface area contributed by atoms with Gasteiger partial charge in [0.15, 0.2) is 0 Å². The summed E-state index contributed by atoms with van der Waals surface area (Å²) in [5, 5.41) is 5.48. The lowest BCUT2D eigenvalue weighted by Gasteiger charge is -2.10. The Bertz CT molecular complexity index is 587. The Balaban J connectivity index is 1.68. The van der Waals surface area contributed by atoms with Gasteiger partial charge in [-0.25, -0.2) is 4.79 Å². The van der Waals surface area contributed by atoms with Crippen molar-refractivity contribution in [3.63, 3.8) is 0 Å². The van der Waals surface area contributed by atoms with Gasteiger partial charge in [-0.2, -0.15) is 0 Å². The molecule has 5 nitrogen and oxygen atoms in total. The van der Waals surface area contributed by atoms with Crippen LogP contribution in [0.2, 0.25) is 0 Å². The van der Waals surface area contributed by atoms with Gasteiger partial charge in [0.25, 0.3) is 0 Å². The summed E-state index contributed by atoms with van der Waals surface area (Å²) in [4.78, 5) is 11.7. The number of amides is 2. The molecule has 0 aliphatic rings. The number of carbonyl (C=O) groups excluding carboxylic acids is 1. The third-order valence-corrected chi connectivity index (χ3v) is 2.80. The number of para-hydroxylation sites is 1. The first-order chi connectivity index (χ1) is 10.8. The lowest BCUT2D eigenvalue weighted by Crippen LogP contribution is -2.32. The molecule has 2 rings (SSSR count). The smallest absolute Gasteiger partial charge is 0.319 e. The van der Waals surface area contributed by atoms with Gasteiger partial charge < -0.3 is 20.1 Å². The van der Waals surface area contributed by atoms with E-state index in [1.54, 1.807) is 0 Å². The number of nitrogens with one attached hydrogen (secondary N) is 2. The van der Waals surface area contributed by atoms with E-state index in [9.17, 15) is 4.79 Å². The normalized spacial score (nSPS) is 9.86. The average Bonchev–Trinajstić information content (AvgIpc) is 2.53. The molecule has 0 aromatic heterocycles. The maximum atomic E-state index is 11.7. The van der Waals surface area contributed by atoms with E-state index >= 15 is 0 Å². The van der Waals surface area contributed by atoms with E-state index in [0.717, 1.165) is 17.2 Å². The summed E-state index contributed by atoms with van der Waals surface area (Å²) >= 11 is 0. The van der Waals surface area contributed by atoms with Crippen LogP contribution in [-0.4, -0.2) is 25.8 Å². The van der Waals surface area contributed by atoms with Gasteiger partial charge in [0.1, 0.15) is 18.1 Å². The third kappa shape index (κ3) is 5.36. The number of hydrogen-bond donors (Lipinski definition) is 2. The number of ether oxygens (including phenoxy) is 2. The van der Waals surface area contributed by atoms with Crippen LogP contribution >= 0.6 is 0 Å². The number of hydrogen-bond acceptors (Lipinski definition) is 3. The number of carbonyl (C=O) groups is 1. The van der Waals surface area contributed by atoms with Crippen LogP contribution in [0.1, 0.15) is 6.92 Å². The number of rotatable bonds is 7. The van der Waals surface area contributed by atoms with Crippen molar-refractivity contribution in [3.8, 4) is 11.5 Å². The molecule has 22 heavy (non-hydrogen) atoms. The summed E-state index contributed by atoms with van der Waals surface area (Å²) in [5.41, 5.74) is 0.755. The molecule has 0 unspecified atom stereocenters. The molecule has 116 valence electrons. The highest BCUT2D eigenvalue weighted by molar-refractivity contribution is 5.89. The number of urea groups is 1. The molecule has 0 saturated heterocycles. The predicted molar refractivity (Wildman–Crippen MR) is 86.6 cm³/mol. The summed E-state index contributed by atoms with van der Waals surface area (Å²) in [6, 6.07) is 16.5. The van der Waals surface area contributed by atoms with E-state index in [0.29, 0.717) is 19.8 Å². The molecule has 0 heterocycles. The molecule has 2 N–H and O–H groups in total. The topological polar surface area (TPSA) is 59.6 Å². The van der Waals surface area contributed by atoms with Crippen molar-refractivity contribution in [2.45, 2.75) is 6.92 Å². The molecule has 0 atom stereocenters. The quantitative estimate of drug-likeness (QED) is 0.771. The lowest BCUT2D eigenvalue weighted by molar-refractivity contribution is 0.247. The minimum absolute atomic E-state index is 0.252. The van der Waals surface area contributed by atoms with Crippen LogP contribution in [0, 0.1) is 0 Å². The van der Waals surface area contributed by atoms with Gasteiger partial charge in [0.05, 0.1) is 13.2 Å². The summed E-state index contributed by atoms with van der Waals surface area (Å²) in [5.74, 6) is 1.49. The zero-order valence-corrected chi connectivity index (χ0v) is 12.5. The first kappa shape index (κ1) is 15.7. The summed E-state index contributed by atoms with van der Waals surface area (Å²) in [6.07, 6.45) is 0. The Morgan fingerprint density at radius 3 is 2.45 bits per heavy atom. The zero-order chi connectivity index (χ0) is 15.6. The molecule has 0 spiro atoms. The second-order valence-corrected chi connectivity index (χ2v) is 4.50. The van der Waals surface area contributed by atoms with Crippen molar-refractivity contribution in [1.82, 2.24) is 5.32 Å². The molecule has 5 heteroatoms. The van der Waals surface area contributed by atoms with Gasteiger partial charge in [-0.15, -0.1) is 0 Å². The standard InChI is InChI=1S/C17H20N2O3/c1-2-21-15-9-6-10-16(13-15)22-12-11-18-17(20)19-14-7-4-3-5-8-14/h3-10,13H,2,11-12H2,1H3,(H2,18,19,20). The fourth-order valence-electron chi connectivity index (χ4n) is 1.85. The van der Waals surface area contributed by atoms with E-state index in [-0.39, 0.29) is 6.03 Å². The molecule has 0 saturated carbocycles. The Kier molecular flexibility index (Phi) is 6.11. The van der Waals surface area contributed by atoms with E-state index < -0.39 is 0 Å². The minimum atomic E-state index is -0.252. The van der Waals surface area contributed by atoms with Crippen LogP contribution < -0.4 is 20.1 Å². The van der Waals surface area contributed by atoms with Crippen molar-refractivity contribution < 1.29 is 14.3 Å². The van der Waals surface area contributed by atoms with Crippen LogP contribution in [0.15, 0.2) is 54.6 Å². The van der Waals surface area contributed by atoms with Crippen LogP contribution in [0.5, 0.6) is 11.5 Å². The second kappa shape index (κ2) is 8.56. The van der Waals surface area contributed by atoms with Crippen LogP contribution in [0.3, 0.4) is 0 Å². The highest BCUT2D eigenvalue weighted by Crippen LogP contribution is 2.19. The average molecular weight is 300 g/mol. The Labute approximate surface area is 130 Å². The third-order valence-electron chi connectivity index (χ3n) is 2.80. The van der Waals surface area contributed by atoms with Crippen LogP contribution in [-0.2, 0) is 0 Å². The lowest BCUT2D eigenvalue weighted by atomic mass is 10.3. The molecule has 0 fully saturated rings. The van der Waals surface area contributed by atoms with Crippen LogP contribution in [0.4, 0.5) is 10.5 Å². The maximum absolute atomic E-state index is 11.7. The molecule has 0 bridgehead atoms. The van der Waals surface area contributed by atoms with E-state index in [1.165, 1.54) is 0 Å². The van der Waals surface area contributed by atoms with E-state index in [4.69, 9.17) is 9.47 Å². The predicted octanol–water partition coefficient (Wildman–Crippen LogP) is 3.29. The molecule has 0 aliphatic carbocycles. The molecule has 2 aromatic rings. The van der Waals surface area contributed by atoms with Gasteiger partial charge in [0, 0.05) is 11.8 Å². The van der Waals surface area contributed by atoms with E-state index in [1.807, 2.05) is 61.5 Å². The van der Waals surface area contributed by atoms with Gasteiger partial charge >= 0.3 is 6.03 Å². The molecular formula is C17H20N2O3. The first-order valence-electron chi connectivity index (χ1n) is 7.23. The first-order valence-corrected chi connectivity index (χ1v) is 7.23. The second-order valence-electron chi connectivity index (χ2n) is 4.50. The van der Waals surface area contributed by atoms with Gasteiger partial charge in [-0.3, -0.25) is 0 Å². The number of anilines is 1. The fourth-order valence-corrected chi connectivity index (χ4v) is 1.85. The Morgan fingerprint density at radius 2 is 1.73 bits per heavy atom. The van der Waals surface area contributed by atoms with E-state index in [2.05, 4.69) is 10.6 Å². The van der Waals surface area contributed by atoms with Gasteiger partial charge in [-0.05, 0) is 31.2 Å².